The predicted octanol–water partition coefficient (Wildman–Crippen LogP) is 16.7. The number of furan rings is 1. The van der Waals surface area contributed by atoms with Crippen molar-refractivity contribution < 1.29 is 4.42 Å². The highest BCUT2D eigenvalue weighted by Crippen LogP contribution is 2.70. The molecule has 0 N–H and O–H groups in total. The molecular weight excluding hydrogens is 936 g/mol. The van der Waals surface area contributed by atoms with Crippen molar-refractivity contribution in [1.29, 1.82) is 0 Å². The molecule has 372 valence electrons. The molecule has 4 saturated carbocycles. The van der Waals surface area contributed by atoms with Crippen LogP contribution >= 0.6 is 0 Å². The first kappa shape index (κ1) is 44.0. The van der Waals surface area contributed by atoms with E-state index >= 15 is 0 Å². The summed E-state index contributed by atoms with van der Waals surface area (Å²) in [5.74, 6) is 3.03. The molecule has 4 fully saturated rings. The van der Waals surface area contributed by atoms with Gasteiger partial charge in [0.25, 0.3) is 6.71 Å². The average molecular weight is 995 g/mol. The smallest absolute Gasteiger partial charge is 0.272 e. The van der Waals surface area contributed by atoms with Gasteiger partial charge in [0, 0.05) is 73.9 Å². The maximum atomic E-state index is 7.06. The Hall–Kier alpha value is -8.22. The number of rotatable bonds is 5. The SMILES string of the molecule is Cn1c2c(c3ccccc31)N(c1ccc3c(c1)C1(c4ccccc4-3)C3CC4CC(C3)CC1C4)c1cc(N(c3ccccc3)c3ccccc3)cc3c1B2c1cc(C(C)(C)C)ccc1N3c1cccc2c1oc1ccccc12. The van der Waals surface area contributed by atoms with Crippen LogP contribution < -0.4 is 31.2 Å². The summed E-state index contributed by atoms with van der Waals surface area (Å²) in [5, 5.41) is 3.50. The van der Waals surface area contributed by atoms with Gasteiger partial charge in [-0.25, -0.2) is 0 Å². The lowest BCUT2D eigenvalue weighted by atomic mass is 9.34. The number of fused-ring (bicyclic) bond motifs is 12. The van der Waals surface area contributed by atoms with Crippen LogP contribution in [-0.2, 0) is 17.9 Å². The first-order chi connectivity index (χ1) is 37.7. The van der Waals surface area contributed by atoms with Crippen LogP contribution in [0.1, 0.15) is 69.6 Å². The molecule has 1 spiro atoms. The molecule has 7 aliphatic rings. The molecule has 77 heavy (non-hydrogen) atoms. The van der Waals surface area contributed by atoms with E-state index in [0.29, 0.717) is 11.8 Å². The minimum absolute atomic E-state index is 0.0122. The summed E-state index contributed by atoms with van der Waals surface area (Å²) in [6, 6.07) is 76.0. The van der Waals surface area contributed by atoms with Crippen molar-refractivity contribution in [2.75, 3.05) is 14.7 Å². The van der Waals surface area contributed by atoms with Crippen molar-refractivity contribution in [3.63, 3.8) is 0 Å². The summed E-state index contributed by atoms with van der Waals surface area (Å²) >= 11 is 0. The summed E-state index contributed by atoms with van der Waals surface area (Å²) in [6.45, 7) is 6.96. The van der Waals surface area contributed by atoms with Gasteiger partial charge in [-0.05, 0) is 173 Å². The topological polar surface area (TPSA) is 27.8 Å². The minimum atomic E-state index is -0.0996. The number of anilines is 9. The number of benzene rings is 9. The highest BCUT2D eigenvalue weighted by atomic mass is 16.3. The van der Waals surface area contributed by atoms with Crippen LogP contribution in [0, 0.1) is 23.7 Å². The zero-order valence-electron chi connectivity index (χ0n) is 44.2. The summed E-state index contributed by atoms with van der Waals surface area (Å²) in [6.07, 6.45) is 6.81. The Balaban J connectivity index is 1.01. The lowest BCUT2D eigenvalue weighted by Crippen LogP contribution is -2.63. The number of nitrogens with zero attached hydrogens (tertiary/aromatic N) is 4. The fourth-order valence-corrected chi connectivity index (χ4v) is 16.8. The monoisotopic (exact) mass is 994 g/mol. The van der Waals surface area contributed by atoms with E-state index in [1.54, 1.807) is 11.1 Å². The molecular formula is C71H59BN4O. The Labute approximate surface area is 451 Å². The fourth-order valence-electron chi connectivity index (χ4n) is 16.8. The Kier molecular flexibility index (Phi) is 8.96. The fraction of sp³-hybridized carbons (Fsp3) is 0.211. The van der Waals surface area contributed by atoms with Crippen LogP contribution in [0.4, 0.5) is 51.2 Å². The molecule has 4 bridgehead atoms. The molecule has 11 aromatic rings. The van der Waals surface area contributed by atoms with Gasteiger partial charge in [0.1, 0.15) is 5.58 Å². The van der Waals surface area contributed by atoms with Crippen LogP contribution in [0.2, 0.25) is 0 Å². The van der Waals surface area contributed by atoms with Crippen molar-refractivity contribution in [3.05, 3.63) is 217 Å². The normalized spacial score (nSPS) is 21.2. The van der Waals surface area contributed by atoms with Gasteiger partial charge in [0.2, 0.25) is 0 Å². The number of para-hydroxylation sites is 5. The standard InChI is InChI=1S/C71H59BN4O/c1-70(2,3)45-30-33-61-59(39-45)72-66-63(41-51(74(48-18-7-5-8-19-48)49-20-9-6-10-21-49)42-64(66)76(61)62-28-17-25-55-54-23-13-16-29-65(54)77-68(55)62)75(67-56-24-12-15-27-60(56)73(4)69(67)72)50-31-32-53-52-22-11-14-26-57(52)71(58(53)40-50)46-35-43-34-44(37-46)38-47(71)36-43/h5-33,39-44,46-47H,34-38H2,1-4H3. The van der Waals surface area contributed by atoms with Gasteiger partial charge in [-0.3, -0.25) is 0 Å². The van der Waals surface area contributed by atoms with Gasteiger partial charge < -0.3 is 23.7 Å². The van der Waals surface area contributed by atoms with Gasteiger partial charge >= 0.3 is 0 Å². The number of aromatic nitrogens is 1. The third-order valence-electron chi connectivity index (χ3n) is 19.7. The largest absolute Gasteiger partial charge is 0.454 e. The molecule has 2 aliphatic heterocycles. The second-order valence-corrected chi connectivity index (χ2v) is 24.5. The van der Waals surface area contributed by atoms with Gasteiger partial charge in [-0.15, -0.1) is 0 Å². The maximum absolute atomic E-state index is 7.06. The van der Waals surface area contributed by atoms with Gasteiger partial charge in [0.15, 0.2) is 5.58 Å². The minimum Gasteiger partial charge on any atom is -0.454 e. The van der Waals surface area contributed by atoms with E-state index in [0.717, 1.165) is 62.2 Å². The molecule has 5 nitrogen and oxygen atoms in total. The van der Waals surface area contributed by atoms with Crippen LogP contribution in [0.3, 0.4) is 0 Å². The second kappa shape index (κ2) is 15.7. The van der Waals surface area contributed by atoms with E-state index < -0.39 is 0 Å². The molecule has 0 unspecified atom stereocenters. The quantitative estimate of drug-likeness (QED) is 0.161. The van der Waals surface area contributed by atoms with Gasteiger partial charge in [-0.2, -0.15) is 0 Å². The first-order valence-electron chi connectivity index (χ1n) is 28.3. The first-order valence-corrected chi connectivity index (χ1v) is 28.3. The van der Waals surface area contributed by atoms with E-state index in [-0.39, 0.29) is 17.5 Å². The van der Waals surface area contributed by atoms with E-state index in [2.05, 4.69) is 247 Å². The number of hydrogen-bond donors (Lipinski definition) is 0. The van der Waals surface area contributed by atoms with Crippen molar-refractivity contribution in [3.8, 4) is 11.1 Å². The lowest BCUT2D eigenvalue weighted by molar-refractivity contribution is -0.0399. The highest BCUT2D eigenvalue weighted by Gasteiger charge is 2.62. The zero-order chi connectivity index (χ0) is 51.1. The van der Waals surface area contributed by atoms with E-state index in [9.17, 15) is 0 Å². The average Bonchev–Trinajstić information content (AvgIpc) is 4.26. The molecule has 5 aliphatic carbocycles. The Morgan fingerprint density at radius 1 is 0.519 bits per heavy atom. The Bertz CT molecular complexity index is 4210. The van der Waals surface area contributed by atoms with Crippen molar-refractivity contribution in [1.82, 2.24) is 4.57 Å². The van der Waals surface area contributed by atoms with Crippen molar-refractivity contribution in [2.24, 2.45) is 30.7 Å². The van der Waals surface area contributed by atoms with Gasteiger partial charge in [-0.1, -0.05) is 148 Å². The zero-order valence-corrected chi connectivity index (χ0v) is 44.2. The van der Waals surface area contributed by atoms with Crippen LogP contribution in [0.25, 0.3) is 44.0 Å². The molecule has 6 heteroatoms. The molecule has 0 saturated heterocycles. The molecule has 0 radical (unpaired) electrons. The number of aryl methyl sites for hydroxylation is 1. The van der Waals surface area contributed by atoms with Crippen molar-refractivity contribution in [2.45, 2.75) is 63.7 Å². The second-order valence-electron chi connectivity index (χ2n) is 24.5. The van der Waals surface area contributed by atoms with Crippen molar-refractivity contribution >= 4 is 107 Å². The molecule has 9 aromatic carbocycles. The molecule has 2 aromatic heterocycles. The highest BCUT2D eigenvalue weighted by molar-refractivity contribution is 7.00. The van der Waals surface area contributed by atoms with E-state index in [4.69, 9.17) is 4.42 Å². The van der Waals surface area contributed by atoms with Crippen LogP contribution in [0.15, 0.2) is 205 Å². The predicted molar refractivity (Wildman–Crippen MR) is 321 cm³/mol. The molecule has 4 heterocycles. The summed E-state index contributed by atoms with van der Waals surface area (Å²) in [5.41, 5.74) is 24.6. The van der Waals surface area contributed by atoms with Gasteiger partial charge in [0.05, 0.1) is 17.1 Å². The molecule has 0 amide bonds. The Morgan fingerprint density at radius 2 is 1.16 bits per heavy atom. The van der Waals surface area contributed by atoms with Crippen LogP contribution in [0.5, 0.6) is 0 Å². The summed E-state index contributed by atoms with van der Waals surface area (Å²) < 4.78 is 9.60. The summed E-state index contributed by atoms with van der Waals surface area (Å²) in [4.78, 5) is 7.74. The lowest BCUT2D eigenvalue weighted by Gasteiger charge is -2.61. The van der Waals surface area contributed by atoms with Crippen LogP contribution in [-0.4, -0.2) is 11.3 Å². The molecule has 0 atom stereocenters. The third kappa shape index (κ3) is 5.91. The molecule has 18 rings (SSSR count). The summed E-state index contributed by atoms with van der Waals surface area (Å²) in [7, 11) is 2.32. The Morgan fingerprint density at radius 3 is 1.90 bits per heavy atom. The van der Waals surface area contributed by atoms with E-state index in [1.165, 1.54) is 99.0 Å². The number of hydrogen-bond acceptors (Lipinski definition) is 4. The third-order valence-corrected chi connectivity index (χ3v) is 19.7. The maximum Gasteiger partial charge on any atom is 0.272 e. The van der Waals surface area contributed by atoms with E-state index in [1.807, 2.05) is 0 Å².